The zero-order valence-electron chi connectivity index (χ0n) is 7.31. The zero-order valence-corrected chi connectivity index (χ0v) is 7.31. The van der Waals surface area contributed by atoms with Gasteiger partial charge in [0.05, 0.1) is 5.69 Å². The molecule has 0 aromatic heterocycles. The Morgan fingerprint density at radius 3 is 2.38 bits per heavy atom. The predicted octanol–water partition coefficient (Wildman–Crippen LogP) is 2.33. The van der Waals surface area contributed by atoms with E-state index in [2.05, 4.69) is 0 Å². The fourth-order valence-corrected chi connectivity index (χ4v) is 1.41. The van der Waals surface area contributed by atoms with Gasteiger partial charge in [-0.3, -0.25) is 5.21 Å². The first-order valence-corrected chi connectivity index (χ1v) is 4.51. The molecule has 0 spiro atoms. The maximum absolute atomic E-state index is 10.5. The van der Waals surface area contributed by atoms with E-state index in [1.165, 1.54) is 18.4 Å². The Morgan fingerprint density at radius 1 is 1.31 bits per heavy atom. The third-order valence-corrected chi connectivity index (χ3v) is 2.38. The highest BCUT2D eigenvalue weighted by Crippen LogP contribution is 2.32. The third kappa shape index (κ3) is 2.20. The van der Waals surface area contributed by atoms with Crippen LogP contribution < -0.4 is 5.23 Å². The largest absolute Gasteiger partial charge is 0.733 e. The summed E-state index contributed by atoms with van der Waals surface area (Å²) in [4.78, 5) is 0. The molecule has 2 rings (SSSR count). The molecule has 1 aromatic rings. The van der Waals surface area contributed by atoms with Crippen LogP contribution in [-0.2, 0) is 6.42 Å². The number of nitrogens with zero attached hydrogens (tertiary/aromatic N) is 1. The Kier molecular flexibility index (Phi) is 2.20. The first-order valence-electron chi connectivity index (χ1n) is 4.51. The van der Waals surface area contributed by atoms with E-state index in [1.54, 1.807) is 12.1 Å². The second-order valence-corrected chi connectivity index (χ2v) is 3.59. The van der Waals surface area contributed by atoms with E-state index in [0.29, 0.717) is 5.69 Å². The van der Waals surface area contributed by atoms with Gasteiger partial charge in [0.1, 0.15) is 0 Å². The van der Waals surface area contributed by atoms with Crippen molar-refractivity contribution in [1.82, 2.24) is 0 Å². The number of benzene rings is 1. The number of anilines is 1. The van der Waals surface area contributed by atoms with Crippen molar-refractivity contribution in [1.29, 1.82) is 0 Å². The normalized spacial score (nSPS) is 15.8. The maximum atomic E-state index is 10.5. The molecule has 70 valence electrons. The maximum Gasteiger partial charge on any atom is 0.0508 e. The molecule has 1 aliphatic carbocycles. The second-order valence-electron chi connectivity index (χ2n) is 3.59. The van der Waals surface area contributed by atoms with Crippen LogP contribution in [0.3, 0.4) is 0 Å². The van der Waals surface area contributed by atoms with Gasteiger partial charge >= 0.3 is 0 Å². The van der Waals surface area contributed by atoms with Gasteiger partial charge in [0.2, 0.25) is 0 Å². The van der Waals surface area contributed by atoms with Crippen LogP contribution in [0.1, 0.15) is 18.4 Å². The summed E-state index contributed by atoms with van der Waals surface area (Å²) in [5.41, 5.74) is 1.53. The molecule has 1 N–H and O–H groups in total. The first kappa shape index (κ1) is 8.53. The first-order chi connectivity index (χ1) is 6.25. The molecule has 1 fully saturated rings. The van der Waals surface area contributed by atoms with E-state index in [0.717, 1.165) is 12.3 Å². The molecule has 0 radical (unpaired) electrons. The fourth-order valence-electron chi connectivity index (χ4n) is 1.41. The second kappa shape index (κ2) is 3.36. The topological polar surface area (TPSA) is 46.5 Å². The van der Waals surface area contributed by atoms with Crippen molar-refractivity contribution in [2.24, 2.45) is 5.92 Å². The van der Waals surface area contributed by atoms with Crippen molar-refractivity contribution in [3.63, 3.8) is 0 Å². The van der Waals surface area contributed by atoms with E-state index in [4.69, 9.17) is 5.21 Å². The standard InChI is InChI=1S/C10H12NO2/c12-11(13)10-5-3-9(4-6-10)7-8-1-2-8/h3-6,8,12H,1-2,7H2/q-1. The summed E-state index contributed by atoms with van der Waals surface area (Å²) >= 11 is 0. The van der Waals surface area contributed by atoms with Crippen molar-refractivity contribution >= 4 is 5.69 Å². The van der Waals surface area contributed by atoms with Crippen LogP contribution in [0.4, 0.5) is 5.69 Å². The fraction of sp³-hybridized carbons (Fsp3) is 0.400. The molecule has 13 heavy (non-hydrogen) atoms. The number of hydrogen-bond donors (Lipinski definition) is 1. The summed E-state index contributed by atoms with van der Waals surface area (Å²) < 4.78 is 0. The quantitative estimate of drug-likeness (QED) is 0.722. The van der Waals surface area contributed by atoms with Gasteiger partial charge in [-0.15, -0.1) is 0 Å². The highest BCUT2D eigenvalue weighted by molar-refractivity contribution is 5.45. The van der Waals surface area contributed by atoms with E-state index >= 15 is 0 Å². The molecular formula is C10H12NO2-. The average Bonchev–Trinajstić information content (AvgIpc) is 2.89. The molecule has 3 heteroatoms. The number of rotatable bonds is 3. The van der Waals surface area contributed by atoms with E-state index in [9.17, 15) is 5.21 Å². The van der Waals surface area contributed by atoms with E-state index < -0.39 is 0 Å². The molecule has 0 amide bonds. The Morgan fingerprint density at radius 2 is 1.92 bits per heavy atom. The summed E-state index contributed by atoms with van der Waals surface area (Å²) in [6, 6.07) is 7.08. The van der Waals surface area contributed by atoms with Crippen molar-refractivity contribution in [2.75, 3.05) is 5.23 Å². The summed E-state index contributed by atoms with van der Waals surface area (Å²) in [6.07, 6.45) is 3.76. The lowest BCUT2D eigenvalue weighted by molar-refractivity contribution is 0.296. The summed E-state index contributed by atoms with van der Waals surface area (Å²) in [6.45, 7) is 0. The molecule has 1 aliphatic rings. The van der Waals surface area contributed by atoms with Gasteiger partial charge in [0.15, 0.2) is 0 Å². The zero-order chi connectivity index (χ0) is 9.26. The molecule has 3 nitrogen and oxygen atoms in total. The minimum absolute atomic E-state index is 0.110. The van der Waals surface area contributed by atoms with Crippen molar-refractivity contribution in [3.8, 4) is 0 Å². The summed E-state index contributed by atoms with van der Waals surface area (Å²) in [7, 11) is 0. The van der Waals surface area contributed by atoms with E-state index in [-0.39, 0.29) is 5.23 Å². The van der Waals surface area contributed by atoms with Crippen LogP contribution in [0, 0.1) is 11.1 Å². The van der Waals surface area contributed by atoms with Crippen LogP contribution >= 0.6 is 0 Å². The molecule has 0 atom stereocenters. The minimum Gasteiger partial charge on any atom is -0.733 e. The summed E-state index contributed by atoms with van der Waals surface area (Å²) in [5, 5.41) is 18.9. The Balaban J connectivity index is 2.04. The lowest BCUT2D eigenvalue weighted by atomic mass is 10.1. The summed E-state index contributed by atoms with van der Waals surface area (Å²) in [5.74, 6) is 0.850. The predicted molar refractivity (Wildman–Crippen MR) is 50.5 cm³/mol. The van der Waals surface area contributed by atoms with Crippen LogP contribution in [0.25, 0.3) is 0 Å². The van der Waals surface area contributed by atoms with Gasteiger partial charge in [-0.1, -0.05) is 12.1 Å². The molecule has 0 aliphatic heterocycles. The highest BCUT2D eigenvalue weighted by Gasteiger charge is 2.21. The SMILES string of the molecule is [O-]N(O)c1ccc(CC2CC2)cc1. The number of hydrogen-bond acceptors (Lipinski definition) is 3. The Bertz CT molecular complexity index is 277. The lowest BCUT2D eigenvalue weighted by Gasteiger charge is -2.21. The Hall–Kier alpha value is -1.06. The van der Waals surface area contributed by atoms with Crippen LogP contribution in [-0.4, -0.2) is 5.21 Å². The minimum atomic E-state index is -0.110. The van der Waals surface area contributed by atoms with Gasteiger partial charge in [-0.2, -0.15) is 0 Å². The van der Waals surface area contributed by atoms with Gasteiger partial charge in [0, 0.05) is 0 Å². The molecule has 1 aromatic carbocycles. The van der Waals surface area contributed by atoms with Crippen LogP contribution in [0.5, 0.6) is 0 Å². The van der Waals surface area contributed by atoms with Gasteiger partial charge in [0.25, 0.3) is 0 Å². The van der Waals surface area contributed by atoms with Crippen LogP contribution in [0.15, 0.2) is 24.3 Å². The van der Waals surface area contributed by atoms with E-state index in [1.807, 2.05) is 12.1 Å². The molecule has 0 saturated heterocycles. The molecular weight excluding hydrogens is 166 g/mol. The lowest BCUT2D eigenvalue weighted by Crippen LogP contribution is -2.06. The average molecular weight is 178 g/mol. The molecule has 0 heterocycles. The van der Waals surface area contributed by atoms with Crippen molar-refractivity contribution in [2.45, 2.75) is 19.3 Å². The monoisotopic (exact) mass is 178 g/mol. The molecule has 1 saturated carbocycles. The van der Waals surface area contributed by atoms with Gasteiger partial charge in [-0.25, -0.2) is 0 Å². The highest BCUT2D eigenvalue weighted by atomic mass is 16.8. The smallest absolute Gasteiger partial charge is 0.0508 e. The van der Waals surface area contributed by atoms with Crippen molar-refractivity contribution in [3.05, 3.63) is 35.0 Å². The molecule has 0 bridgehead atoms. The van der Waals surface area contributed by atoms with Gasteiger partial charge in [-0.05, 0) is 42.9 Å². The van der Waals surface area contributed by atoms with Crippen molar-refractivity contribution < 1.29 is 5.21 Å². The molecule has 0 unspecified atom stereocenters. The van der Waals surface area contributed by atoms with Gasteiger partial charge < -0.3 is 10.4 Å². The van der Waals surface area contributed by atoms with Crippen LogP contribution in [0.2, 0.25) is 0 Å². The third-order valence-electron chi connectivity index (χ3n) is 2.38. The Labute approximate surface area is 77.1 Å².